The van der Waals surface area contributed by atoms with Crippen molar-refractivity contribution < 1.29 is 19.5 Å². The van der Waals surface area contributed by atoms with Crippen LogP contribution in [0.15, 0.2) is 83.0 Å². The van der Waals surface area contributed by atoms with E-state index >= 15 is 4.79 Å². The second-order valence-corrected chi connectivity index (χ2v) is 14.0. The van der Waals surface area contributed by atoms with E-state index in [1.165, 1.54) is 0 Å². The molecule has 4 heteroatoms. The quantitative estimate of drug-likeness (QED) is 0.1000. The molecule has 0 aliphatic heterocycles. The highest BCUT2D eigenvalue weighted by Gasteiger charge is 2.74. The van der Waals surface area contributed by atoms with E-state index in [0.717, 1.165) is 22.3 Å². The molecule has 0 radical (unpaired) electrons. The van der Waals surface area contributed by atoms with Crippen LogP contribution >= 0.6 is 0 Å². The number of carbonyl (C=O) groups excluding carboxylic acids is 3. The van der Waals surface area contributed by atoms with Gasteiger partial charge in [0.05, 0.1) is 5.41 Å². The standard InChI is InChI=1S/C38H50O4/c1-24(2)16-18-29(27(7)8)22-37-23-30(19-17-25(3)4)36(9,10)38(35(37)42,21-20-26(5)6)34(41)31(33(37)40)32(39)28-14-12-11-13-15-28/h11-17,20,29-30,39H,7,18-19,21-23H2,1-6,8-10H3/b32-31+/t29-,30+,37+,38-/m0/s1. The highest BCUT2D eigenvalue weighted by Crippen LogP contribution is 2.66. The Kier molecular flexibility index (Phi) is 9.92. The van der Waals surface area contributed by atoms with Gasteiger partial charge in [0.2, 0.25) is 0 Å². The van der Waals surface area contributed by atoms with E-state index in [1.54, 1.807) is 24.3 Å². The molecule has 0 amide bonds. The van der Waals surface area contributed by atoms with Crippen molar-refractivity contribution in [3.63, 3.8) is 0 Å². The van der Waals surface area contributed by atoms with Crippen LogP contribution in [0, 0.1) is 28.1 Å². The maximum atomic E-state index is 15.1. The molecule has 1 aromatic carbocycles. The number of hydrogen-bond donors (Lipinski definition) is 1. The van der Waals surface area contributed by atoms with E-state index in [9.17, 15) is 14.7 Å². The van der Waals surface area contributed by atoms with Crippen LogP contribution in [0.1, 0.15) is 100.0 Å². The Morgan fingerprint density at radius 1 is 0.905 bits per heavy atom. The van der Waals surface area contributed by atoms with Crippen molar-refractivity contribution in [1.82, 2.24) is 0 Å². The smallest absolute Gasteiger partial charge is 0.184 e. The zero-order chi connectivity index (χ0) is 31.6. The molecular weight excluding hydrogens is 520 g/mol. The predicted molar refractivity (Wildman–Crippen MR) is 173 cm³/mol. The largest absolute Gasteiger partial charge is 0.506 e. The Balaban J connectivity index is 2.44. The van der Waals surface area contributed by atoms with E-state index < -0.39 is 27.8 Å². The monoisotopic (exact) mass is 570 g/mol. The van der Waals surface area contributed by atoms with Gasteiger partial charge in [-0.15, -0.1) is 0 Å². The summed E-state index contributed by atoms with van der Waals surface area (Å²) < 4.78 is 0. The molecule has 4 nitrogen and oxygen atoms in total. The lowest BCUT2D eigenvalue weighted by atomic mass is 9.38. The second-order valence-electron chi connectivity index (χ2n) is 14.0. The first-order valence-corrected chi connectivity index (χ1v) is 15.2. The van der Waals surface area contributed by atoms with Crippen molar-refractivity contribution in [2.24, 2.45) is 28.1 Å². The molecule has 2 fully saturated rings. The molecule has 2 aliphatic carbocycles. The van der Waals surface area contributed by atoms with Crippen LogP contribution in [0.3, 0.4) is 0 Å². The number of hydrogen-bond acceptors (Lipinski definition) is 4. The summed E-state index contributed by atoms with van der Waals surface area (Å²) in [6, 6.07) is 8.73. The Hall–Kier alpha value is -3.27. The first kappa shape index (κ1) is 33.2. The second kappa shape index (κ2) is 12.5. The number of rotatable bonds is 10. The van der Waals surface area contributed by atoms with Crippen LogP contribution < -0.4 is 0 Å². The van der Waals surface area contributed by atoms with Crippen molar-refractivity contribution in [3.8, 4) is 0 Å². The molecule has 2 saturated carbocycles. The zero-order valence-electron chi connectivity index (χ0n) is 27.2. The van der Waals surface area contributed by atoms with Gasteiger partial charge in [0, 0.05) is 5.56 Å². The Labute approximate surface area is 253 Å². The number of aliphatic hydroxyl groups excluding tert-OH is 1. The molecular formula is C38H50O4. The maximum Gasteiger partial charge on any atom is 0.184 e. The van der Waals surface area contributed by atoms with Gasteiger partial charge in [-0.1, -0.05) is 91.3 Å². The zero-order valence-corrected chi connectivity index (χ0v) is 27.2. The van der Waals surface area contributed by atoms with E-state index in [4.69, 9.17) is 0 Å². The number of benzene rings is 1. The average Bonchev–Trinajstić information content (AvgIpc) is 2.91. The summed E-state index contributed by atoms with van der Waals surface area (Å²) in [6.07, 6.45) is 8.34. The van der Waals surface area contributed by atoms with Gasteiger partial charge < -0.3 is 5.11 Å². The molecule has 1 aromatic rings. The molecule has 0 aromatic heterocycles. The van der Waals surface area contributed by atoms with Crippen molar-refractivity contribution in [2.45, 2.75) is 94.4 Å². The molecule has 0 unspecified atom stereocenters. The van der Waals surface area contributed by atoms with Gasteiger partial charge in [0.15, 0.2) is 17.3 Å². The molecule has 2 aliphatic rings. The number of carbonyl (C=O) groups is 3. The van der Waals surface area contributed by atoms with Gasteiger partial charge in [0.1, 0.15) is 16.7 Å². The minimum absolute atomic E-state index is 0.0989. The molecule has 2 bridgehead atoms. The number of allylic oxidation sites excluding steroid dienone is 8. The fourth-order valence-electron chi connectivity index (χ4n) is 7.01. The third kappa shape index (κ3) is 5.82. The summed E-state index contributed by atoms with van der Waals surface area (Å²) in [5.41, 5.74) is 0.665. The summed E-state index contributed by atoms with van der Waals surface area (Å²) in [7, 11) is 0. The molecule has 3 rings (SSSR count). The summed E-state index contributed by atoms with van der Waals surface area (Å²) in [5.74, 6) is -1.93. The van der Waals surface area contributed by atoms with Gasteiger partial charge in [-0.05, 0) is 97.8 Å². The number of aliphatic hydroxyl groups is 1. The van der Waals surface area contributed by atoms with Crippen molar-refractivity contribution in [2.75, 3.05) is 0 Å². The summed E-state index contributed by atoms with van der Waals surface area (Å²) in [4.78, 5) is 44.8. The van der Waals surface area contributed by atoms with Crippen LogP contribution in [0.4, 0.5) is 0 Å². The summed E-state index contributed by atoms with van der Waals surface area (Å²) in [5, 5.41) is 11.6. The van der Waals surface area contributed by atoms with Gasteiger partial charge in [-0.2, -0.15) is 0 Å². The van der Waals surface area contributed by atoms with Crippen molar-refractivity contribution in [3.05, 3.63) is 88.6 Å². The predicted octanol–water partition coefficient (Wildman–Crippen LogP) is 9.35. The average molecular weight is 571 g/mol. The first-order valence-electron chi connectivity index (χ1n) is 15.2. The lowest BCUT2D eigenvalue weighted by molar-refractivity contribution is -0.177. The lowest BCUT2D eigenvalue weighted by Crippen LogP contribution is -2.69. The normalized spacial score (nSPS) is 26.7. The minimum atomic E-state index is -1.50. The van der Waals surface area contributed by atoms with Crippen LogP contribution in [-0.2, 0) is 14.4 Å². The first-order chi connectivity index (χ1) is 19.5. The number of ketones is 3. The molecule has 1 N–H and O–H groups in total. The fraction of sp³-hybridized carbons (Fsp3) is 0.500. The Bertz CT molecular complexity index is 1370. The summed E-state index contributed by atoms with van der Waals surface area (Å²) >= 11 is 0. The molecule has 226 valence electrons. The van der Waals surface area contributed by atoms with Crippen LogP contribution in [-0.4, -0.2) is 22.5 Å². The fourth-order valence-corrected chi connectivity index (χ4v) is 7.01. The SMILES string of the molecule is C=C(C)[C@@H](CC=C(C)C)C[C@@]12C[C@@H](CC=C(C)C)C(C)(C)[C@@](CC=C(C)C)(C(=O)/C(=C(/O)c3ccccc3)C1=O)C2=O. The molecule has 0 spiro atoms. The molecule has 4 atom stereocenters. The van der Waals surface area contributed by atoms with Gasteiger partial charge in [0.25, 0.3) is 0 Å². The van der Waals surface area contributed by atoms with Crippen LogP contribution in [0.5, 0.6) is 0 Å². The van der Waals surface area contributed by atoms with Gasteiger partial charge in [-0.3, -0.25) is 14.4 Å². The lowest BCUT2D eigenvalue weighted by Gasteiger charge is -2.60. The van der Waals surface area contributed by atoms with Crippen molar-refractivity contribution in [1.29, 1.82) is 0 Å². The van der Waals surface area contributed by atoms with Crippen LogP contribution in [0.25, 0.3) is 5.76 Å². The molecule has 42 heavy (non-hydrogen) atoms. The maximum absolute atomic E-state index is 15.1. The van der Waals surface area contributed by atoms with Crippen molar-refractivity contribution >= 4 is 23.1 Å². The third-order valence-electron chi connectivity index (χ3n) is 9.83. The minimum Gasteiger partial charge on any atom is -0.506 e. The van der Waals surface area contributed by atoms with E-state index in [2.05, 4.69) is 18.7 Å². The molecule has 0 heterocycles. The molecule has 0 saturated heterocycles. The van der Waals surface area contributed by atoms with E-state index in [1.807, 2.05) is 74.5 Å². The highest BCUT2D eigenvalue weighted by atomic mass is 16.3. The van der Waals surface area contributed by atoms with E-state index in [-0.39, 0.29) is 41.8 Å². The Morgan fingerprint density at radius 3 is 2.00 bits per heavy atom. The summed E-state index contributed by atoms with van der Waals surface area (Å²) in [6.45, 7) is 22.3. The highest BCUT2D eigenvalue weighted by molar-refractivity contribution is 6.41. The Morgan fingerprint density at radius 2 is 1.48 bits per heavy atom. The number of fused-ring (bicyclic) bond motifs is 2. The topological polar surface area (TPSA) is 71.4 Å². The number of Topliss-reactive ketones (excluding diaryl/α,β-unsaturated/α-hetero) is 3. The third-order valence-corrected chi connectivity index (χ3v) is 9.83. The van der Waals surface area contributed by atoms with Gasteiger partial charge >= 0.3 is 0 Å². The van der Waals surface area contributed by atoms with Crippen LogP contribution in [0.2, 0.25) is 0 Å². The van der Waals surface area contributed by atoms with Gasteiger partial charge in [-0.25, -0.2) is 0 Å². The van der Waals surface area contributed by atoms with E-state index in [0.29, 0.717) is 24.8 Å².